The average Bonchev–Trinajstić information content (AvgIpc) is 2.67. The molecule has 8 nitrogen and oxygen atoms in total. The molecule has 0 aliphatic carbocycles. The van der Waals surface area contributed by atoms with Crippen molar-refractivity contribution in [3.63, 3.8) is 0 Å². The lowest BCUT2D eigenvalue weighted by atomic mass is 10.0. The lowest BCUT2D eigenvalue weighted by Gasteiger charge is -2.29. The summed E-state index contributed by atoms with van der Waals surface area (Å²) in [7, 11) is -3.51. The Morgan fingerprint density at radius 3 is 2.57 bits per heavy atom. The number of nitrogens with one attached hydrogen (secondary N) is 2. The van der Waals surface area contributed by atoms with Crippen molar-refractivity contribution in [2.45, 2.75) is 29.8 Å². The summed E-state index contributed by atoms with van der Waals surface area (Å²) < 4.78 is 26.9. The molecule has 0 saturated carbocycles. The molecular formula is C18H22N4O4S2. The maximum absolute atomic E-state index is 12.7. The molecular weight excluding hydrogens is 400 g/mol. The molecule has 2 aromatic rings. The van der Waals surface area contributed by atoms with Gasteiger partial charge in [0.15, 0.2) is 5.16 Å². The second-order valence-electron chi connectivity index (χ2n) is 6.69. The quantitative estimate of drug-likeness (QED) is 0.543. The molecule has 0 unspecified atom stereocenters. The van der Waals surface area contributed by atoms with Crippen molar-refractivity contribution in [2.75, 3.05) is 24.2 Å². The van der Waals surface area contributed by atoms with Crippen LogP contribution in [-0.4, -0.2) is 47.4 Å². The van der Waals surface area contributed by atoms with Crippen molar-refractivity contribution in [1.29, 1.82) is 0 Å². The Bertz CT molecular complexity index is 981. The van der Waals surface area contributed by atoms with Crippen molar-refractivity contribution in [3.8, 4) is 0 Å². The molecule has 1 aromatic carbocycles. The van der Waals surface area contributed by atoms with Gasteiger partial charge >= 0.3 is 0 Å². The van der Waals surface area contributed by atoms with Crippen molar-refractivity contribution < 1.29 is 13.2 Å². The molecule has 3 rings (SSSR count). The van der Waals surface area contributed by atoms with Crippen molar-refractivity contribution in [2.24, 2.45) is 5.92 Å². The monoisotopic (exact) mass is 422 g/mol. The van der Waals surface area contributed by atoms with E-state index >= 15 is 0 Å². The zero-order valence-corrected chi connectivity index (χ0v) is 17.1. The second kappa shape index (κ2) is 8.89. The molecule has 2 heterocycles. The van der Waals surface area contributed by atoms with Gasteiger partial charge < -0.3 is 10.3 Å². The van der Waals surface area contributed by atoms with E-state index in [0.717, 1.165) is 24.6 Å². The highest BCUT2D eigenvalue weighted by molar-refractivity contribution is 7.99. The summed E-state index contributed by atoms with van der Waals surface area (Å²) >= 11 is 1.11. The largest absolute Gasteiger partial charge is 0.325 e. The Kier molecular flexibility index (Phi) is 6.53. The van der Waals surface area contributed by atoms with E-state index in [0.29, 0.717) is 29.9 Å². The molecule has 10 heteroatoms. The van der Waals surface area contributed by atoms with Gasteiger partial charge in [0.05, 0.1) is 10.6 Å². The number of benzene rings is 1. The number of anilines is 1. The van der Waals surface area contributed by atoms with Crippen LogP contribution in [-0.2, 0) is 14.8 Å². The predicted molar refractivity (Wildman–Crippen MR) is 108 cm³/mol. The SMILES string of the molecule is CC1CCN(S(=O)(=O)c2ccc(NC(=O)CSc3nccc(=O)[nH]3)cc2)CC1. The first-order valence-electron chi connectivity index (χ1n) is 8.93. The Morgan fingerprint density at radius 1 is 1.25 bits per heavy atom. The lowest BCUT2D eigenvalue weighted by molar-refractivity contribution is -0.113. The number of H-pyrrole nitrogens is 1. The molecule has 1 aromatic heterocycles. The van der Waals surface area contributed by atoms with Crippen LogP contribution >= 0.6 is 11.8 Å². The summed E-state index contributed by atoms with van der Waals surface area (Å²) in [5.74, 6) is 0.335. The molecule has 0 atom stereocenters. The van der Waals surface area contributed by atoms with Gasteiger partial charge in [-0.05, 0) is 43.0 Å². The van der Waals surface area contributed by atoms with Gasteiger partial charge in [-0.25, -0.2) is 13.4 Å². The van der Waals surface area contributed by atoms with Crippen LogP contribution in [0.5, 0.6) is 0 Å². The number of aromatic nitrogens is 2. The number of piperidine rings is 1. The van der Waals surface area contributed by atoms with Gasteiger partial charge in [-0.3, -0.25) is 9.59 Å². The summed E-state index contributed by atoms with van der Waals surface area (Å²) in [4.78, 5) is 30.0. The first-order valence-corrected chi connectivity index (χ1v) is 11.4. The lowest BCUT2D eigenvalue weighted by Crippen LogP contribution is -2.37. The van der Waals surface area contributed by atoms with Gasteiger partial charge in [-0.1, -0.05) is 18.7 Å². The molecule has 0 spiro atoms. The molecule has 1 aliphatic rings. The van der Waals surface area contributed by atoms with E-state index in [9.17, 15) is 18.0 Å². The summed E-state index contributed by atoms with van der Waals surface area (Å²) in [6.07, 6.45) is 3.11. The van der Waals surface area contributed by atoms with Crippen molar-refractivity contribution >= 4 is 33.4 Å². The van der Waals surface area contributed by atoms with Gasteiger partial charge in [0.2, 0.25) is 15.9 Å². The third-order valence-electron chi connectivity index (χ3n) is 4.51. The van der Waals surface area contributed by atoms with Crippen LogP contribution in [0.3, 0.4) is 0 Å². The second-order valence-corrected chi connectivity index (χ2v) is 9.59. The average molecular weight is 423 g/mol. The van der Waals surface area contributed by atoms with Crippen molar-refractivity contribution in [1.82, 2.24) is 14.3 Å². The zero-order chi connectivity index (χ0) is 20.1. The molecule has 150 valence electrons. The van der Waals surface area contributed by atoms with Crippen molar-refractivity contribution in [3.05, 3.63) is 46.9 Å². The molecule has 1 saturated heterocycles. The third-order valence-corrected chi connectivity index (χ3v) is 7.31. The Hall–Kier alpha value is -2.17. The van der Waals surface area contributed by atoms with Crippen LogP contribution in [0.2, 0.25) is 0 Å². The molecule has 1 aliphatic heterocycles. The van der Waals surface area contributed by atoms with Crippen LogP contribution in [0.1, 0.15) is 19.8 Å². The van der Waals surface area contributed by atoms with Crippen LogP contribution in [0.25, 0.3) is 0 Å². The summed E-state index contributed by atoms with van der Waals surface area (Å²) in [6, 6.07) is 7.46. The predicted octanol–water partition coefficient (Wildman–Crippen LogP) is 1.92. The zero-order valence-electron chi connectivity index (χ0n) is 15.4. The van der Waals surface area contributed by atoms with Gasteiger partial charge in [0.1, 0.15) is 0 Å². The fraction of sp³-hybridized carbons (Fsp3) is 0.389. The van der Waals surface area contributed by atoms with E-state index in [1.165, 1.54) is 28.7 Å². The maximum Gasteiger partial charge on any atom is 0.251 e. The molecule has 0 radical (unpaired) electrons. The Balaban J connectivity index is 1.58. The standard InChI is InChI=1S/C18H22N4O4S2/c1-13-7-10-22(11-8-13)28(25,26)15-4-2-14(3-5-15)20-17(24)12-27-18-19-9-6-16(23)21-18/h2-6,9,13H,7-8,10-12H2,1H3,(H,20,24)(H,19,21,23). The first-order chi connectivity index (χ1) is 13.3. The molecule has 2 N–H and O–H groups in total. The number of thioether (sulfide) groups is 1. The first kappa shape index (κ1) is 20.6. The number of carbonyl (C=O) groups excluding carboxylic acids is 1. The molecule has 1 fully saturated rings. The minimum Gasteiger partial charge on any atom is -0.325 e. The number of rotatable bonds is 6. The van der Waals surface area contributed by atoms with E-state index in [1.54, 1.807) is 12.1 Å². The van der Waals surface area contributed by atoms with E-state index in [1.807, 2.05) is 0 Å². The van der Waals surface area contributed by atoms with E-state index in [2.05, 4.69) is 22.2 Å². The summed E-state index contributed by atoms with van der Waals surface area (Å²) in [6.45, 7) is 3.20. The van der Waals surface area contributed by atoms with Crippen LogP contribution in [0, 0.1) is 5.92 Å². The number of carbonyl (C=O) groups is 1. The Morgan fingerprint density at radius 2 is 1.93 bits per heavy atom. The highest BCUT2D eigenvalue weighted by atomic mass is 32.2. The fourth-order valence-electron chi connectivity index (χ4n) is 2.84. The molecule has 28 heavy (non-hydrogen) atoms. The Labute approximate surface area is 167 Å². The maximum atomic E-state index is 12.7. The minimum atomic E-state index is -3.51. The number of hydrogen-bond acceptors (Lipinski definition) is 6. The van der Waals surface area contributed by atoms with Crippen LogP contribution in [0.4, 0.5) is 5.69 Å². The minimum absolute atomic E-state index is 0.0684. The molecule has 0 bridgehead atoms. The fourth-order valence-corrected chi connectivity index (χ4v) is 4.96. The summed E-state index contributed by atoms with van der Waals surface area (Å²) in [5.41, 5.74) is 0.226. The number of nitrogens with zero attached hydrogens (tertiary/aromatic N) is 2. The third kappa shape index (κ3) is 5.21. The highest BCUT2D eigenvalue weighted by Crippen LogP contribution is 2.24. The highest BCUT2D eigenvalue weighted by Gasteiger charge is 2.27. The van der Waals surface area contributed by atoms with Gasteiger partial charge in [0.25, 0.3) is 5.56 Å². The molecule has 1 amide bonds. The number of hydrogen-bond donors (Lipinski definition) is 2. The number of aromatic amines is 1. The topological polar surface area (TPSA) is 112 Å². The summed E-state index contributed by atoms with van der Waals surface area (Å²) in [5, 5.41) is 3.06. The van der Waals surface area contributed by atoms with Gasteiger partial charge in [-0.2, -0.15) is 4.31 Å². The van der Waals surface area contributed by atoms with Gasteiger partial charge in [-0.15, -0.1) is 0 Å². The van der Waals surface area contributed by atoms with Gasteiger partial charge in [0, 0.05) is 31.0 Å². The van der Waals surface area contributed by atoms with E-state index in [-0.39, 0.29) is 22.1 Å². The number of sulfonamides is 1. The van der Waals surface area contributed by atoms with Crippen LogP contribution < -0.4 is 10.9 Å². The normalized spacial score (nSPS) is 16.0. The van der Waals surface area contributed by atoms with E-state index < -0.39 is 10.0 Å². The smallest absolute Gasteiger partial charge is 0.251 e. The van der Waals surface area contributed by atoms with Crippen LogP contribution in [0.15, 0.2) is 51.4 Å². The number of amides is 1. The van der Waals surface area contributed by atoms with E-state index in [4.69, 9.17) is 0 Å².